The molecule has 2 heterocycles. The van der Waals surface area contributed by atoms with E-state index in [0.29, 0.717) is 17.5 Å². The second-order valence-electron chi connectivity index (χ2n) is 4.56. The third-order valence-corrected chi connectivity index (χ3v) is 3.74. The zero-order valence-corrected chi connectivity index (χ0v) is 11.1. The van der Waals surface area contributed by atoms with E-state index in [1.54, 1.807) is 4.68 Å². The molecule has 0 radical (unpaired) electrons. The lowest BCUT2D eigenvalue weighted by Gasteiger charge is -2.15. The molecule has 0 spiro atoms. The van der Waals surface area contributed by atoms with E-state index in [0.717, 1.165) is 31.6 Å². The molecule has 0 bridgehead atoms. The van der Waals surface area contributed by atoms with E-state index in [2.05, 4.69) is 5.10 Å². The van der Waals surface area contributed by atoms with Gasteiger partial charge in [-0.05, 0) is 24.8 Å². The number of aromatic nitrogens is 2. The maximum atomic E-state index is 12.3. The maximum Gasteiger partial charge on any atom is 0.272 e. The third-order valence-electron chi connectivity index (χ3n) is 3.30. The average Bonchev–Trinajstić information content (AvgIpc) is 2.94. The van der Waals surface area contributed by atoms with E-state index in [1.807, 2.05) is 24.9 Å². The summed E-state index contributed by atoms with van der Waals surface area (Å²) >= 11 is 5.83. The Labute approximate surface area is 107 Å². The standard InChI is InChI=1S/C12H18ClN3O/c1-3-10-6-11(15(2)14-10)12(17)16-5-4-9(7-13)8-16/h6,9H,3-5,7-8H2,1-2H3. The van der Waals surface area contributed by atoms with Gasteiger partial charge in [0.15, 0.2) is 0 Å². The first-order chi connectivity index (χ1) is 8.15. The number of carbonyl (C=O) groups is 1. The summed E-state index contributed by atoms with van der Waals surface area (Å²) in [6.07, 6.45) is 1.86. The van der Waals surface area contributed by atoms with Crippen LogP contribution in [0.15, 0.2) is 6.07 Å². The zero-order chi connectivity index (χ0) is 12.4. The molecule has 1 aliphatic heterocycles. The van der Waals surface area contributed by atoms with Crippen LogP contribution in [0.4, 0.5) is 0 Å². The van der Waals surface area contributed by atoms with Crippen molar-refractivity contribution < 1.29 is 4.79 Å². The highest BCUT2D eigenvalue weighted by atomic mass is 35.5. The molecule has 1 aromatic heterocycles. The maximum absolute atomic E-state index is 12.3. The zero-order valence-electron chi connectivity index (χ0n) is 10.3. The average molecular weight is 256 g/mol. The largest absolute Gasteiger partial charge is 0.337 e. The van der Waals surface area contributed by atoms with Crippen LogP contribution in [0.3, 0.4) is 0 Å². The summed E-state index contributed by atoms with van der Waals surface area (Å²) in [4.78, 5) is 14.2. The van der Waals surface area contributed by atoms with Crippen molar-refractivity contribution in [2.45, 2.75) is 19.8 Å². The van der Waals surface area contributed by atoms with Gasteiger partial charge in [-0.3, -0.25) is 9.48 Å². The van der Waals surface area contributed by atoms with Crippen molar-refractivity contribution in [1.82, 2.24) is 14.7 Å². The highest BCUT2D eigenvalue weighted by molar-refractivity contribution is 6.18. The Bertz CT molecular complexity index is 416. The predicted octanol–water partition coefficient (Wildman–Crippen LogP) is 1.68. The molecule has 1 aliphatic rings. The Morgan fingerprint density at radius 1 is 1.65 bits per heavy atom. The Morgan fingerprint density at radius 3 is 2.94 bits per heavy atom. The van der Waals surface area contributed by atoms with Crippen molar-refractivity contribution in [2.24, 2.45) is 13.0 Å². The van der Waals surface area contributed by atoms with Gasteiger partial charge in [-0.1, -0.05) is 6.92 Å². The molecule has 1 aromatic rings. The molecule has 0 N–H and O–H groups in total. The van der Waals surface area contributed by atoms with Gasteiger partial charge in [0.25, 0.3) is 5.91 Å². The van der Waals surface area contributed by atoms with Gasteiger partial charge >= 0.3 is 0 Å². The summed E-state index contributed by atoms with van der Waals surface area (Å²) in [5, 5.41) is 4.30. The van der Waals surface area contributed by atoms with Crippen LogP contribution in [-0.2, 0) is 13.5 Å². The van der Waals surface area contributed by atoms with Gasteiger partial charge in [0.2, 0.25) is 0 Å². The van der Waals surface area contributed by atoms with Crippen LogP contribution in [-0.4, -0.2) is 39.6 Å². The molecule has 1 amide bonds. The lowest BCUT2D eigenvalue weighted by Crippen LogP contribution is -2.30. The van der Waals surface area contributed by atoms with Crippen molar-refractivity contribution in [2.75, 3.05) is 19.0 Å². The number of amides is 1. The van der Waals surface area contributed by atoms with Gasteiger partial charge in [0.1, 0.15) is 5.69 Å². The van der Waals surface area contributed by atoms with Gasteiger partial charge in [0, 0.05) is 26.0 Å². The summed E-state index contributed by atoms with van der Waals surface area (Å²) in [7, 11) is 1.82. The lowest BCUT2D eigenvalue weighted by atomic mass is 10.2. The molecular formula is C12H18ClN3O. The number of halogens is 1. The van der Waals surface area contributed by atoms with Crippen LogP contribution in [0.5, 0.6) is 0 Å². The van der Waals surface area contributed by atoms with E-state index < -0.39 is 0 Å². The van der Waals surface area contributed by atoms with Crippen LogP contribution in [0.25, 0.3) is 0 Å². The molecule has 5 heteroatoms. The molecule has 1 atom stereocenters. The minimum Gasteiger partial charge on any atom is -0.337 e. The quantitative estimate of drug-likeness (QED) is 0.771. The Hall–Kier alpha value is -1.03. The molecule has 0 saturated carbocycles. The fourth-order valence-corrected chi connectivity index (χ4v) is 2.46. The molecule has 94 valence electrons. The van der Waals surface area contributed by atoms with E-state index in [4.69, 9.17) is 11.6 Å². The molecule has 2 rings (SSSR count). The van der Waals surface area contributed by atoms with E-state index in [1.165, 1.54) is 0 Å². The number of hydrogen-bond acceptors (Lipinski definition) is 2. The van der Waals surface area contributed by atoms with E-state index in [-0.39, 0.29) is 5.91 Å². The molecule has 17 heavy (non-hydrogen) atoms. The Kier molecular flexibility index (Phi) is 3.72. The molecule has 0 aliphatic carbocycles. The predicted molar refractivity (Wildman–Crippen MR) is 67.3 cm³/mol. The lowest BCUT2D eigenvalue weighted by molar-refractivity contribution is 0.0777. The fourth-order valence-electron chi connectivity index (χ4n) is 2.20. The fraction of sp³-hybridized carbons (Fsp3) is 0.667. The Balaban J connectivity index is 2.11. The first kappa shape index (κ1) is 12.4. The number of likely N-dealkylation sites (tertiary alicyclic amines) is 1. The number of hydrogen-bond donors (Lipinski definition) is 0. The van der Waals surface area contributed by atoms with Crippen molar-refractivity contribution in [3.63, 3.8) is 0 Å². The Morgan fingerprint density at radius 2 is 2.41 bits per heavy atom. The summed E-state index contributed by atoms with van der Waals surface area (Å²) in [5.74, 6) is 1.15. The van der Waals surface area contributed by atoms with Crippen LogP contribution in [0.1, 0.15) is 29.5 Å². The molecule has 4 nitrogen and oxygen atoms in total. The van der Waals surface area contributed by atoms with Gasteiger partial charge < -0.3 is 4.90 Å². The summed E-state index contributed by atoms with van der Waals surface area (Å²) in [6.45, 7) is 3.62. The number of carbonyl (C=O) groups excluding carboxylic acids is 1. The summed E-state index contributed by atoms with van der Waals surface area (Å²) < 4.78 is 1.68. The monoisotopic (exact) mass is 255 g/mol. The highest BCUT2D eigenvalue weighted by Crippen LogP contribution is 2.19. The van der Waals surface area contributed by atoms with Crippen molar-refractivity contribution in [1.29, 1.82) is 0 Å². The number of alkyl halides is 1. The van der Waals surface area contributed by atoms with Crippen molar-refractivity contribution in [3.05, 3.63) is 17.5 Å². The number of nitrogens with zero attached hydrogens (tertiary/aromatic N) is 3. The molecule has 1 fully saturated rings. The van der Waals surface area contributed by atoms with Gasteiger partial charge in [-0.2, -0.15) is 5.10 Å². The minimum atomic E-state index is 0.0762. The first-order valence-corrected chi connectivity index (χ1v) is 6.57. The van der Waals surface area contributed by atoms with Crippen molar-refractivity contribution in [3.8, 4) is 0 Å². The molecular weight excluding hydrogens is 238 g/mol. The first-order valence-electron chi connectivity index (χ1n) is 6.03. The van der Waals surface area contributed by atoms with Gasteiger partial charge in [-0.25, -0.2) is 0 Å². The van der Waals surface area contributed by atoms with Crippen LogP contribution in [0.2, 0.25) is 0 Å². The van der Waals surface area contributed by atoms with Crippen molar-refractivity contribution >= 4 is 17.5 Å². The van der Waals surface area contributed by atoms with Gasteiger partial charge in [-0.15, -0.1) is 11.6 Å². The minimum absolute atomic E-state index is 0.0762. The van der Waals surface area contributed by atoms with E-state index in [9.17, 15) is 4.79 Å². The van der Waals surface area contributed by atoms with E-state index >= 15 is 0 Å². The van der Waals surface area contributed by atoms with Crippen LogP contribution >= 0.6 is 11.6 Å². The van der Waals surface area contributed by atoms with Gasteiger partial charge in [0.05, 0.1) is 5.69 Å². The molecule has 0 aromatic carbocycles. The normalized spacial score (nSPS) is 19.9. The third kappa shape index (κ3) is 2.46. The number of aryl methyl sites for hydroxylation is 2. The van der Waals surface area contributed by atoms with Crippen LogP contribution < -0.4 is 0 Å². The second-order valence-corrected chi connectivity index (χ2v) is 4.87. The van der Waals surface area contributed by atoms with Crippen LogP contribution in [0, 0.1) is 5.92 Å². The molecule has 1 unspecified atom stereocenters. The molecule has 1 saturated heterocycles. The summed E-state index contributed by atoms with van der Waals surface area (Å²) in [5.41, 5.74) is 1.64. The smallest absolute Gasteiger partial charge is 0.272 e. The SMILES string of the molecule is CCc1cc(C(=O)N2CCC(CCl)C2)n(C)n1. The topological polar surface area (TPSA) is 38.1 Å². The summed E-state index contributed by atoms with van der Waals surface area (Å²) in [6, 6.07) is 1.89. The highest BCUT2D eigenvalue weighted by Gasteiger charge is 2.28. The second kappa shape index (κ2) is 5.08. The number of rotatable bonds is 3.